The molecule has 2 rings (SSSR count). The van der Waals surface area contributed by atoms with Crippen molar-refractivity contribution in [3.63, 3.8) is 0 Å². The summed E-state index contributed by atoms with van der Waals surface area (Å²) in [6.45, 7) is 0. The van der Waals surface area contributed by atoms with Crippen LogP contribution in [-0.4, -0.2) is 7.05 Å². The second kappa shape index (κ2) is 5.99. The second-order valence-corrected chi connectivity index (χ2v) is 5.34. The molecule has 0 aliphatic carbocycles. The van der Waals surface area contributed by atoms with Gasteiger partial charge >= 0.3 is 0 Å². The minimum Gasteiger partial charge on any atom is -0.309 e. The highest BCUT2D eigenvalue weighted by atomic mass is 79.9. The predicted molar refractivity (Wildman–Crippen MR) is 76.4 cm³/mol. The first-order valence-corrected chi connectivity index (χ1v) is 6.77. The summed E-state index contributed by atoms with van der Waals surface area (Å²) in [4.78, 5) is 0. The van der Waals surface area contributed by atoms with Gasteiger partial charge in [0.25, 0.3) is 0 Å². The summed E-state index contributed by atoms with van der Waals surface area (Å²) < 4.78 is 28.0. The van der Waals surface area contributed by atoms with Crippen LogP contribution in [0.5, 0.6) is 0 Å². The molecule has 2 aromatic carbocycles. The van der Waals surface area contributed by atoms with E-state index in [1.165, 1.54) is 6.07 Å². The molecule has 0 heterocycles. The maximum absolute atomic E-state index is 13.9. The Hall–Kier alpha value is -0.970. The van der Waals surface area contributed by atoms with Crippen molar-refractivity contribution in [2.24, 2.45) is 0 Å². The van der Waals surface area contributed by atoms with E-state index >= 15 is 0 Å². The van der Waals surface area contributed by atoms with Crippen molar-refractivity contribution in [2.45, 2.75) is 6.04 Å². The molecule has 0 fully saturated rings. The molecular weight excluding hydrogens is 336 g/mol. The molecule has 1 N–H and O–H groups in total. The van der Waals surface area contributed by atoms with Crippen LogP contribution in [0.4, 0.5) is 8.78 Å². The Morgan fingerprint density at radius 1 is 1.11 bits per heavy atom. The fraction of sp³-hybridized carbons (Fsp3) is 0.143. The molecule has 0 spiro atoms. The molecule has 0 bridgehead atoms. The molecule has 0 radical (unpaired) electrons. The summed E-state index contributed by atoms with van der Waals surface area (Å²) in [7, 11) is 1.68. The zero-order valence-corrected chi connectivity index (χ0v) is 12.4. The molecule has 2 aromatic rings. The summed E-state index contributed by atoms with van der Waals surface area (Å²) in [6.07, 6.45) is 0. The van der Waals surface area contributed by atoms with Crippen LogP contribution in [0.2, 0.25) is 5.02 Å². The van der Waals surface area contributed by atoms with Crippen LogP contribution in [-0.2, 0) is 0 Å². The first kappa shape index (κ1) is 14.4. The molecule has 0 amide bonds. The lowest BCUT2D eigenvalue weighted by Gasteiger charge is -2.19. The smallest absolute Gasteiger partial charge is 0.128 e. The Morgan fingerprint density at radius 3 is 2.53 bits per heavy atom. The van der Waals surface area contributed by atoms with Crippen LogP contribution in [0.1, 0.15) is 17.2 Å². The molecule has 0 saturated heterocycles. The molecule has 0 aliphatic rings. The Labute approximate surface area is 123 Å². The van der Waals surface area contributed by atoms with E-state index in [9.17, 15) is 8.78 Å². The van der Waals surface area contributed by atoms with Crippen molar-refractivity contribution in [2.75, 3.05) is 7.05 Å². The van der Waals surface area contributed by atoms with Gasteiger partial charge in [0.05, 0.1) is 6.04 Å². The lowest BCUT2D eigenvalue weighted by atomic mass is 9.98. The van der Waals surface area contributed by atoms with Crippen molar-refractivity contribution >= 4 is 27.5 Å². The van der Waals surface area contributed by atoms with Gasteiger partial charge in [0.15, 0.2) is 0 Å². The highest BCUT2D eigenvalue weighted by Crippen LogP contribution is 2.32. The zero-order valence-electron chi connectivity index (χ0n) is 10.1. The van der Waals surface area contributed by atoms with Crippen LogP contribution >= 0.6 is 27.5 Å². The van der Waals surface area contributed by atoms with Crippen LogP contribution in [0.15, 0.2) is 40.9 Å². The molecule has 1 unspecified atom stereocenters. The van der Waals surface area contributed by atoms with Crippen molar-refractivity contribution < 1.29 is 8.78 Å². The van der Waals surface area contributed by atoms with Gasteiger partial charge in [-0.2, -0.15) is 0 Å². The fourth-order valence-corrected chi connectivity index (χ4v) is 2.61. The summed E-state index contributed by atoms with van der Waals surface area (Å²) in [5, 5.41) is 3.51. The molecule has 100 valence electrons. The summed E-state index contributed by atoms with van der Waals surface area (Å²) in [5.41, 5.74) is 0.991. The van der Waals surface area contributed by atoms with Crippen LogP contribution < -0.4 is 5.32 Å². The minimum atomic E-state index is -0.483. The topological polar surface area (TPSA) is 12.0 Å². The normalized spacial score (nSPS) is 12.5. The van der Waals surface area contributed by atoms with Crippen LogP contribution in [0.25, 0.3) is 0 Å². The highest BCUT2D eigenvalue weighted by Gasteiger charge is 2.19. The molecule has 1 atom stereocenters. The van der Waals surface area contributed by atoms with Gasteiger partial charge in [0, 0.05) is 15.1 Å². The molecule has 5 heteroatoms. The van der Waals surface area contributed by atoms with E-state index in [-0.39, 0.29) is 5.56 Å². The Kier molecular flexibility index (Phi) is 4.55. The number of benzene rings is 2. The van der Waals surface area contributed by atoms with Crippen LogP contribution in [0, 0.1) is 11.6 Å². The zero-order chi connectivity index (χ0) is 14.0. The molecule has 0 aromatic heterocycles. The van der Waals surface area contributed by atoms with Gasteiger partial charge in [0.1, 0.15) is 11.6 Å². The predicted octanol–water partition coefficient (Wildman–Crippen LogP) is 4.69. The summed E-state index contributed by atoms with van der Waals surface area (Å²) >= 11 is 9.36. The van der Waals surface area contributed by atoms with Gasteiger partial charge in [-0.25, -0.2) is 8.78 Å². The average Bonchev–Trinajstić information content (AvgIpc) is 2.38. The number of halogens is 4. The maximum atomic E-state index is 13.9. The largest absolute Gasteiger partial charge is 0.309 e. The van der Waals surface area contributed by atoms with Gasteiger partial charge < -0.3 is 5.32 Å². The number of rotatable bonds is 3. The van der Waals surface area contributed by atoms with Crippen molar-refractivity contribution in [3.05, 3.63) is 68.7 Å². The summed E-state index contributed by atoms with van der Waals surface area (Å²) in [5.74, 6) is -0.942. The third kappa shape index (κ3) is 3.14. The Morgan fingerprint density at radius 2 is 1.84 bits per heavy atom. The van der Waals surface area contributed by atoms with Gasteiger partial charge in [-0.3, -0.25) is 0 Å². The van der Waals surface area contributed by atoms with E-state index < -0.39 is 17.7 Å². The van der Waals surface area contributed by atoms with Gasteiger partial charge in [-0.15, -0.1) is 0 Å². The molecule has 1 nitrogen and oxygen atoms in total. The average molecular weight is 347 g/mol. The van der Waals surface area contributed by atoms with E-state index in [2.05, 4.69) is 21.2 Å². The van der Waals surface area contributed by atoms with Crippen molar-refractivity contribution in [3.8, 4) is 0 Å². The van der Waals surface area contributed by atoms with Crippen LogP contribution in [0.3, 0.4) is 0 Å². The first-order chi connectivity index (χ1) is 9.02. The lowest BCUT2D eigenvalue weighted by Crippen LogP contribution is -2.19. The molecule has 0 saturated carbocycles. The molecular formula is C14H11BrClF2N. The van der Waals surface area contributed by atoms with Crippen molar-refractivity contribution in [1.82, 2.24) is 5.32 Å². The quantitative estimate of drug-likeness (QED) is 0.850. The van der Waals surface area contributed by atoms with Gasteiger partial charge in [-0.05, 0) is 49.0 Å². The maximum Gasteiger partial charge on any atom is 0.128 e. The molecule has 0 aliphatic heterocycles. The second-order valence-electron chi connectivity index (χ2n) is 4.05. The number of hydrogen-bond acceptors (Lipinski definition) is 1. The van der Waals surface area contributed by atoms with E-state index in [0.717, 1.165) is 22.2 Å². The standard InChI is InChI=1S/C14H11BrClF2N/c1-19-14(10-6-8(16)2-4-12(10)15)11-7-9(17)3-5-13(11)18/h2-7,14,19H,1H3. The lowest BCUT2D eigenvalue weighted by molar-refractivity contribution is 0.557. The minimum absolute atomic E-state index is 0.241. The summed E-state index contributed by atoms with van der Waals surface area (Å²) in [6, 6.07) is 8.14. The van der Waals surface area contributed by atoms with E-state index in [4.69, 9.17) is 11.6 Å². The fourth-order valence-electron chi connectivity index (χ4n) is 1.95. The monoisotopic (exact) mass is 345 g/mol. The third-order valence-corrected chi connectivity index (χ3v) is 3.78. The Bertz CT molecular complexity index is 552. The number of nitrogens with one attached hydrogen (secondary N) is 1. The SMILES string of the molecule is CNC(c1cc(F)ccc1F)c1cc(Cl)ccc1Br. The Balaban J connectivity index is 2.55. The van der Waals surface area contributed by atoms with Gasteiger partial charge in [0.2, 0.25) is 0 Å². The van der Waals surface area contributed by atoms with E-state index in [1.54, 1.807) is 25.2 Å². The highest BCUT2D eigenvalue weighted by molar-refractivity contribution is 9.10. The van der Waals surface area contributed by atoms with E-state index in [0.29, 0.717) is 5.02 Å². The van der Waals surface area contributed by atoms with Crippen molar-refractivity contribution in [1.29, 1.82) is 0 Å². The number of hydrogen-bond donors (Lipinski definition) is 1. The molecule has 19 heavy (non-hydrogen) atoms. The first-order valence-electron chi connectivity index (χ1n) is 5.60. The van der Waals surface area contributed by atoms with E-state index in [1.807, 2.05) is 0 Å². The van der Waals surface area contributed by atoms with Gasteiger partial charge in [-0.1, -0.05) is 27.5 Å². The third-order valence-electron chi connectivity index (χ3n) is 2.83.